The first kappa shape index (κ1) is 27.6. The predicted molar refractivity (Wildman–Crippen MR) is 145 cm³/mol. The molecular formula is C25H26ClN3O5S3. The van der Waals surface area contributed by atoms with E-state index in [9.17, 15) is 21.6 Å². The predicted octanol–water partition coefficient (Wildman–Crippen LogP) is 3.31. The highest BCUT2D eigenvalue weighted by Gasteiger charge is 2.43. The van der Waals surface area contributed by atoms with Gasteiger partial charge in [0, 0.05) is 41.8 Å². The molecule has 0 bridgehead atoms. The standard InChI is InChI=1S/C25H26ClN3O5S3/c26-20-11-13-21(14-12-20)35-18-15-27-25(30)24-19-28(36(31,32)22-7-3-1-4-8-22)16-17-29(24)37(33,34)23-9-5-2-6-10-23/h1-14,24H,15-19H2,(H,27,30)/t24-/m0/s1. The summed E-state index contributed by atoms with van der Waals surface area (Å²) in [5.74, 6) is -0.0124. The monoisotopic (exact) mass is 579 g/mol. The fraction of sp³-hybridized carbons (Fsp3) is 0.240. The van der Waals surface area contributed by atoms with Gasteiger partial charge in [-0.3, -0.25) is 4.79 Å². The molecule has 1 N–H and O–H groups in total. The second-order valence-electron chi connectivity index (χ2n) is 8.21. The smallest absolute Gasteiger partial charge is 0.243 e. The summed E-state index contributed by atoms with van der Waals surface area (Å²) in [5.41, 5.74) is 0. The summed E-state index contributed by atoms with van der Waals surface area (Å²) in [6.07, 6.45) is 0. The molecule has 37 heavy (non-hydrogen) atoms. The molecule has 0 saturated carbocycles. The molecule has 12 heteroatoms. The summed E-state index contributed by atoms with van der Waals surface area (Å²) in [6, 6.07) is 21.8. The van der Waals surface area contributed by atoms with Gasteiger partial charge in [-0.2, -0.15) is 8.61 Å². The Bertz CT molecular complexity index is 1420. The molecule has 0 radical (unpaired) electrons. The van der Waals surface area contributed by atoms with Crippen LogP contribution in [0.3, 0.4) is 0 Å². The van der Waals surface area contributed by atoms with E-state index in [1.165, 1.54) is 40.3 Å². The zero-order valence-corrected chi connectivity index (χ0v) is 22.9. The zero-order chi connectivity index (χ0) is 26.5. The number of sulfonamides is 2. The molecule has 3 aromatic carbocycles. The first-order chi connectivity index (χ1) is 17.7. The molecule has 1 aliphatic heterocycles. The second kappa shape index (κ2) is 12.0. The fourth-order valence-electron chi connectivity index (χ4n) is 3.92. The van der Waals surface area contributed by atoms with Crippen molar-refractivity contribution >= 4 is 49.3 Å². The number of nitrogens with one attached hydrogen (secondary N) is 1. The third-order valence-electron chi connectivity index (χ3n) is 5.81. The summed E-state index contributed by atoms with van der Waals surface area (Å²) in [6.45, 7) is -0.243. The largest absolute Gasteiger partial charge is 0.354 e. The number of piperazine rings is 1. The van der Waals surface area contributed by atoms with Crippen molar-refractivity contribution in [2.24, 2.45) is 0 Å². The van der Waals surface area contributed by atoms with Crippen LogP contribution in [0.25, 0.3) is 0 Å². The Morgan fingerprint density at radius 2 is 1.41 bits per heavy atom. The average molecular weight is 580 g/mol. The van der Waals surface area contributed by atoms with E-state index in [-0.39, 0.29) is 36.0 Å². The number of hydrogen-bond donors (Lipinski definition) is 1. The maximum absolute atomic E-state index is 13.4. The molecule has 0 spiro atoms. The third-order valence-corrected chi connectivity index (χ3v) is 10.9. The van der Waals surface area contributed by atoms with Gasteiger partial charge in [-0.05, 0) is 48.5 Å². The molecule has 1 fully saturated rings. The SMILES string of the molecule is O=C(NCCSc1ccc(Cl)cc1)[C@@H]1CN(S(=O)(=O)c2ccccc2)CCN1S(=O)(=O)c1ccccc1. The summed E-state index contributed by atoms with van der Waals surface area (Å²) < 4.78 is 55.6. The van der Waals surface area contributed by atoms with Crippen LogP contribution in [0.4, 0.5) is 0 Å². The first-order valence-corrected chi connectivity index (χ1v) is 15.7. The molecule has 196 valence electrons. The van der Waals surface area contributed by atoms with Crippen LogP contribution >= 0.6 is 23.4 Å². The van der Waals surface area contributed by atoms with Crippen molar-refractivity contribution in [1.29, 1.82) is 0 Å². The number of carbonyl (C=O) groups excluding carboxylic acids is 1. The summed E-state index contributed by atoms with van der Waals surface area (Å²) in [4.78, 5) is 14.4. The Balaban J connectivity index is 1.52. The Kier molecular flexibility index (Phi) is 8.94. The van der Waals surface area contributed by atoms with E-state index < -0.39 is 32.0 Å². The highest BCUT2D eigenvalue weighted by Crippen LogP contribution is 2.26. The van der Waals surface area contributed by atoms with Crippen LogP contribution < -0.4 is 5.32 Å². The Morgan fingerprint density at radius 1 is 0.838 bits per heavy atom. The lowest BCUT2D eigenvalue weighted by Gasteiger charge is -2.38. The van der Waals surface area contributed by atoms with Gasteiger partial charge in [0.2, 0.25) is 26.0 Å². The van der Waals surface area contributed by atoms with Crippen LogP contribution in [0.5, 0.6) is 0 Å². The Labute approximate surface area is 226 Å². The minimum atomic E-state index is -4.03. The lowest BCUT2D eigenvalue weighted by atomic mass is 10.2. The van der Waals surface area contributed by atoms with Crippen LogP contribution in [0.1, 0.15) is 0 Å². The van der Waals surface area contributed by atoms with E-state index >= 15 is 0 Å². The minimum absolute atomic E-state index is 0.0467. The molecule has 1 saturated heterocycles. The lowest BCUT2D eigenvalue weighted by molar-refractivity contribution is -0.125. The van der Waals surface area contributed by atoms with Crippen molar-refractivity contribution in [3.63, 3.8) is 0 Å². The number of benzene rings is 3. The van der Waals surface area contributed by atoms with E-state index in [0.29, 0.717) is 10.8 Å². The average Bonchev–Trinajstić information content (AvgIpc) is 2.92. The maximum atomic E-state index is 13.4. The molecular weight excluding hydrogens is 554 g/mol. The third kappa shape index (κ3) is 6.54. The molecule has 1 aliphatic rings. The van der Waals surface area contributed by atoms with Crippen LogP contribution in [0, 0.1) is 0 Å². The van der Waals surface area contributed by atoms with Crippen molar-refractivity contribution in [2.75, 3.05) is 31.9 Å². The molecule has 1 atom stereocenters. The van der Waals surface area contributed by atoms with Gasteiger partial charge in [-0.1, -0.05) is 48.0 Å². The van der Waals surface area contributed by atoms with E-state index in [4.69, 9.17) is 11.6 Å². The van der Waals surface area contributed by atoms with Crippen molar-refractivity contribution in [2.45, 2.75) is 20.7 Å². The van der Waals surface area contributed by atoms with E-state index in [0.717, 1.165) is 9.20 Å². The molecule has 0 aromatic heterocycles. The van der Waals surface area contributed by atoms with Gasteiger partial charge in [0.05, 0.1) is 9.79 Å². The van der Waals surface area contributed by atoms with Crippen LogP contribution in [0.15, 0.2) is 99.6 Å². The number of amides is 1. The molecule has 1 amide bonds. The minimum Gasteiger partial charge on any atom is -0.354 e. The summed E-state index contributed by atoms with van der Waals surface area (Å²) in [7, 11) is -7.94. The number of rotatable bonds is 9. The van der Waals surface area contributed by atoms with Crippen molar-refractivity contribution in [1.82, 2.24) is 13.9 Å². The van der Waals surface area contributed by atoms with Gasteiger partial charge in [-0.15, -0.1) is 11.8 Å². The Hall–Kier alpha value is -2.41. The van der Waals surface area contributed by atoms with Gasteiger partial charge in [0.1, 0.15) is 6.04 Å². The number of nitrogens with zero attached hydrogens (tertiary/aromatic N) is 2. The highest BCUT2D eigenvalue weighted by molar-refractivity contribution is 7.99. The summed E-state index contributed by atoms with van der Waals surface area (Å²) in [5, 5.41) is 3.42. The van der Waals surface area contributed by atoms with E-state index in [1.807, 2.05) is 12.1 Å². The van der Waals surface area contributed by atoms with Gasteiger partial charge in [-0.25, -0.2) is 16.8 Å². The van der Waals surface area contributed by atoms with Crippen LogP contribution in [-0.2, 0) is 24.8 Å². The normalized spacial score (nSPS) is 17.4. The van der Waals surface area contributed by atoms with Gasteiger partial charge in [0.15, 0.2) is 0 Å². The number of thioether (sulfide) groups is 1. The lowest BCUT2D eigenvalue weighted by Crippen LogP contribution is -2.61. The summed E-state index contributed by atoms with van der Waals surface area (Å²) >= 11 is 7.42. The number of carbonyl (C=O) groups is 1. The zero-order valence-electron chi connectivity index (χ0n) is 19.7. The van der Waals surface area contributed by atoms with Crippen molar-refractivity contribution in [3.05, 3.63) is 90.0 Å². The number of halogens is 1. The topological polar surface area (TPSA) is 104 Å². The van der Waals surface area contributed by atoms with E-state index in [1.54, 1.807) is 48.5 Å². The highest BCUT2D eigenvalue weighted by atomic mass is 35.5. The molecule has 4 rings (SSSR count). The van der Waals surface area contributed by atoms with E-state index in [2.05, 4.69) is 5.32 Å². The van der Waals surface area contributed by atoms with Gasteiger partial charge in [0.25, 0.3) is 0 Å². The molecule has 0 aliphatic carbocycles. The van der Waals surface area contributed by atoms with Crippen LogP contribution in [0.2, 0.25) is 5.02 Å². The molecule has 3 aromatic rings. The molecule has 0 unspecified atom stereocenters. The van der Waals surface area contributed by atoms with Gasteiger partial charge < -0.3 is 5.32 Å². The van der Waals surface area contributed by atoms with Gasteiger partial charge >= 0.3 is 0 Å². The molecule has 1 heterocycles. The maximum Gasteiger partial charge on any atom is 0.243 e. The van der Waals surface area contributed by atoms with Crippen molar-refractivity contribution in [3.8, 4) is 0 Å². The Morgan fingerprint density at radius 3 is 2.00 bits per heavy atom. The number of hydrogen-bond acceptors (Lipinski definition) is 6. The second-order valence-corrected chi connectivity index (χ2v) is 13.6. The molecule has 8 nitrogen and oxygen atoms in total. The quantitative estimate of drug-likeness (QED) is 0.308. The van der Waals surface area contributed by atoms with Crippen LogP contribution in [-0.4, -0.2) is 69.3 Å². The van der Waals surface area contributed by atoms with Crippen molar-refractivity contribution < 1.29 is 21.6 Å². The fourth-order valence-corrected chi connectivity index (χ4v) is 7.87. The first-order valence-electron chi connectivity index (χ1n) is 11.5.